The van der Waals surface area contributed by atoms with Gasteiger partial charge >= 0.3 is 0 Å². The highest BCUT2D eigenvalue weighted by Gasteiger charge is 2.10. The van der Waals surface area contributed by atoms with Crippen LogP contribution in [-0.4, -0.2) is 11.7 Å². The van der Waals surface area contributed by atoms with Crippen molar-refractivity contribution in [3.05, 3.63) is 35.9 Å². The highest BCUT2D eigenvalue weighted by Crippen LogP contribution is 2.16. The summed E-state index contributed by atoms with van der Waals surface area (Å²) in [6.45, 7) is 4.70. The number of aliphatic hydroxyl groups excluding tert-OH is 1. The van der Waals surface area contributed by atoms with Crippen LogP contribution in [0.15, 0.2) is 30.3 Å². The zero-order chi connectivity index (χ0) is 10.4. The molecule has 1 aromatic rings. The number of hydrogen-bond donors (Lipinski definition) is 1. The smallest absolute Gasteiger partial charge is 0.0462 e. The van der Waals surface area contributed by atoms with E-state index in [1.165, 1.54) is 5.56 Å². The lowest BCUT2D eigenvalue weighted by Gasteiger charge is -2.16. The predicted octanol–water partition coefficient (Wildman–Crippen LogP) is 2.88. The molecule has 0 aliphatic rings. The molecule has 1 nitrogen and oxygen atoms in total. The summed E-state index contributed by atoms with van der Waals surface area (Å²) in [5.41, 5.74) is 1.33. The van der Waals surface area contributed by atoms with Gasteiger partial charge in [-0.2, -0.15) is 0 Å². The van der Waals surface area contributed by atoms with Crippen molar-refractivity contribution in [3.63, 3.8) is 0 Å². The summed E-state index contributed by atoms with van der Waals surface area (Å²) in [4.78, 5) is 0. The second-order valence-corrected chi connectivity index (χ2v) is 4.37. The lowest BCUT2D eigenvalue weighted by Crippen LogP contribution is -2.12. The van der Waals surface area contributed by atoms with E-state index in [9.17, 15) is 5.11 Å². The molecule has 0 aliphatic heterocycles. The van der Waals surface area contributed by atoms with Crippen molar-refractivity contribution in [1.29, 1.82) is 0 Å². The van der Waals surface area contributed by atoms with Crippen molar-refractivity contribution in [2.75, 3.05) is 6.61 Å². The Bertz CT molecular complexity index is 241. The van der Waals surface area contributed by atoms with Gasteiger partial charge in [0.25, 0.3) is 0 Å². The van der Waals surface area contributed by atoms with E-state index in [4.69, 9.17) is 0 Å². The molecule has 1 unspecified atom stereocenters. The van der Waals surface area contributed by atoms with Crippen LogP contribution in [-0.2, 0) is 6.42 Å². The van der Waals surface area contributed by atoms with Crippen LogP contribution in [0.3, 0.4) is 0 Å². The molecule has 0 saturated carbocycles. The Morgan fingerprint density at radius 3 is 2.29 bits per heavy atom. The van der Waals surface area contributed by atoms with Crippen molar-refractivity contribution in [3.8, 4) is 0 Å². The SMILES string of the molecule is CC(C)CC(CO)Cc1ccccc1. The molecule has 0 spiro atoms. The van der Waals surface area contributed by atoms with E-state index < -0.39 is 0 Å². The van der Waals surface area contributed by atoms with E-state index >= 15 is 0 Å². The van der Waals surface area contributed by atoms with Crippen LogP contribution in [0, 0.1) is 11.8 Å². The van der Waals surface area contributed by atoms with Crippen LogP contribution in [0.5, 0.6) is 0 Å². The molecule has 1 rings (SSSR count). The van der Waals surface area contributed by atoms with E-state index in [-0.39, 0.29) is 0 Å². The summed E-state index contributed by atoms with van der Waals surface area (Å²) in [6.07, 6.45) is 2.10. The summed E-state index contributed by atoms with van der Waals surface area (Å²) >= 11 is 0. The zero-order valence-corrected chi connectivity index (χ0v) is 9.11. The molecule has 1 atom stereocenters. The van der Waals surface area contributed by atoms with Crippen LogP contribution < -0.4 is 0 Å². The average molecular weight is 192 g/mol. The second kappa shape index (κ2) is 5.82. The van der Waals surface area contributed by atoms with Gasteiger partial charge in [0.2, 0.25) is 0 Å². The van der Waals surface area contributed by atoms with Crippen molar-refractivity contribution >= 4 is 0 Å². The van der Waals surface area contributed by atoms with Gasteiger partial charge in [0.15, 0.2) is 0 Å². The molecular formula is C13H20O. The van der Waals surface area contributed by atoms with E-state index in [0.717, 1.165) is 12.8 Å². The number of rotatable bonds is 5. The van der Waals surface area contributed by atoms with Gasteiger partial charge in [0, 0.05) is 6.61 Å². The van der Waals surface area contributed by atoms with Crippen molar-refractivity contribution < 1.29 is 5.11 Å². The quantitative estimate of drug-likeness (QED) is 0.760. The summed E-state index contributed by atoms with van der Waals surface area (Å²) in [5, 5.41) is 9.24. The first kappa shape index (κ1) is 11.3. The number of benzene rings is 1. The zero-order valence-electron chi connectivity index (χ0n) is 9.11. The molecule has 0 amide bonds. The molecule has 1 aromatic carbocycles. The fourth-order valence-corrected chi connectivity index (χ4v) is 1.84. The van der Waals surface area contributed by atoms with Gasteiger partial charge in [-0.15, -0.1) is 0 Å². The first-order valence-corrected chi connectivity index (χ1v) is 5.37. The minimum absolute atomic E-state index is 0.299. The summed E-state index contributed by atoms with van der Waals surface area (Å²) in [7, 11) is 0. The Balaban J connectivity index is 2.48. The Morgan fingerprint density at radius 1 is 1.14 bits per heavy atom. The maximum atomic E-state index is 9.24. The van der Waals surface area contributed by atoms with Crippen LogP contribution in [0.4, 0.5) is 0 Å². The minimum atomic E-state index is 0.299. The minimum Gasteiger partial charge on any atom is -0.396 e. The van der Waals surface area contributed by atoms with Crippen LogP contribution in [0.2, 0.25) is 0 Å². The highest BCUT2D eigenvalue weighted by atomic mass is 16.3. The van der Waals surface area contributed by atoms with E-state index in [1.807, 2.05) is 6.07 Å². The largest absolute Gasteiger partial charge is 0.396 e. The molecule has 1 heteroatoms. The molecule has 0 aromatic heterocycles. The Kier molecular flexibility index (Phi) is 4.68. The van der Waals surface area contributed by atoms with E-state index in [1.54, 1.807) is 0 Å². The van der Waals surface area contributed by atoms with Crippen molar-refractivity contribution in [2.24, 2.45) is 11.8 Å². The molecule has 0 aliphatic carbocycles. The predicted molar refractivity (Wildman–Crippen MR) is 60.2 cm³/mol. The standard InChI is InChI=1S/C13H20O/c1-11(2)8-13(10-14)9-12-6-4-3-5-7-12/h3-7,11,13-14H,8-10H2,1-2H3. The van der Waals surface area contributed by atoms with E-state index in [2.05, 4.69) is 38.1 Å². The third-order valence-corrected chi connectivity index (χ3v) is 2.43. The lowest BCUT2D eigenvalue weighted by molar-refractivity contribution is 0.205. The Hall–Kier alpha value is -0.820. The van der Waals surface area contributed by atoms with Crippen molar-refractivity contribution in [1.82, 2.24) is 0 Å². The molecular weight excluding hydrogens is 172 g/mol. The fraction of sp³-hybridized carbons (Fsp3) is 0.538. The van der Waals surface area contributed by atoms with Gasteiger partial charge in [0.1, 0.15) is 0 Å². The molecule has 14 heavy (non-hydrogen) atoms. The molecule has 1 N–H and O–H groups in total. The van der Waals surface area contributed by atoms with Crippen molar-refractivity contribution in [2.45, 2.75) is 26.7 Å². The molecule has 0 fully saturated rings. The van der Waals surface area contributed by atoms with Crippen LogP contribution in [0.25, 0.3) is 0 Å². The number of hydrogen-bond acceptors (Lipinski definition) is 1. The maximum Gasteiger partial charge on any atom is 0.0462 e. The van der Waals surface area contributed by atoms with Gasteiger partial charge in [0.05, 0.1) is 0 Å². The van der Waals surface area contributed by atoms with Gasteiger partial charge in [-0.1, -0.05) is 44.2 Å². The summed E-state index contributed by atoms with van der Waals surface area (Å²) in [5.74, 6) is 1.08. The second-order valence-electron chi connectivity index (χ2n) is 4.37. The normalized spacial score (nSPS) is 13.1. The third-order valence-electron chi connectivity index (χ3n) is 2.43. The lowest BCUT2D eigenvalue weighted by atomic mass is 9.92. The fourth-order valence-electron chi connectivity index (χ4n) is 1.84. The van der Waals surface area contributed by atoms with E-state index in [0.29, 0.717) is 18.4 Å². The first-order chi connectivity index (χ1) is 6.72. The molecule has 0 saturated heterocycles. The molecule has 78 valence electrons. The van der Waals surface area contributed by atoms with Gasteiger partial charge in [-0.25, -0.2) is 0 Å². The number of aliphatic hydroxyl groups is 1. The first-order valence-electron chi connectivity index (χ1n) is 5.37. The van der Waals surface area contributed by atoms with Gasteiger partial charge < -0.3 is 5.11 Å². The third kappa shape index (κ3) is 3.93. The van der Waals surface area contributed by atoms with Gasteiger partial charge in [-0.3, -0.25) is 0 Å². The van der Waals surface area contributed by atoms with Gasteiger partial charge in [-0.05, 0) is 30.2 Å². The molecule has 0 bridgehead atoms. The van der Waals surface area contributed by atoms with Crippen LogP contribution >= 0.6 is 0 Å². The monoisotopic (exact) mass is 192 g/mol. The molecule has 0 radical (unpaired) electrons. The van der Waals surface area contributed by atoms with Crippen LogP contribution in [0.1, 0.15) is 25.8 Å². The Morgan fingerprint density at radius 2 is 1.79 bits per heavy atom. The topological polar surface area (TPSA) is 20.2 Å². The highest BCUT2D eigenvalue weighted by molar-refractivity contribution is 5.15. The maximum absolute atomic E-state index is 9.24. The summed E-state index contributed by atoms with van der Waals surface area (Å²) < 4.78 is 0. The average Bonchev–Trinajstić information content (AvgIpc) is 2.17. The Labute approximate surface area is 86.8 Å². The molecule has 0 heterocycles. The summed E-state index contributed by atoms with van der Waals surface area (Å²) in [6, 6.07) is 10.4.